The second kappa shape index (κ2) is 8.68. The molecule has 8 nitrogen and oxygen atoms in total. The summed E-state index contributed by atoms with van der Waals surface area (Å²) in [5.74, 6) is -0.955. The number of sulfonamides is 1. The van der Waals surface area contributed by atoms with Gasteiger partial charge < -0.3 is 4.57 Å². The summed E-state index contributed by atoms with van der Waals surface area (Å²) < 4.78 is 29.1. The molecular formula is C21H24N4O4S. The third-order valence-corrected chi connectivity index (χ3v) is 6.34. The van der Waals surface area contributed by atoms with Crippen LogP contribution >= 0.6 is 0 Å². The molecule has 1 heterocycles. The lowest BCUT2D eigenvalue weighted by Crippen LogP contribution is -2.42. The van der Waals surface area contributed by atoms with Crippen molar-refractivity contribution in [3.05, 3.63) is 65.4 Å². The molecule has 0 spiro atoms. The van der Waals surface area contributed by atoms with Crippen molar-refractivity contribution in [2.45, 2.75) is 25.2 Å². The molecule has 0 atom stereocenters. The Hall–Kier alpha value is -3.17. The van der Waals surface area contributed by atoms with Gasteiger partial charge in [0.2, 0.25) is 15.9 Å². The molecule has 0 fully saturated rings. The molecular weight excluding hydrogens is 404 g/mol. The number of hydrogen-bond donors (Lipinski definition) is 3. The highest BCUT2D eigenvalue weighted by molar-refractivity contribution is 7.89. The number of para-hydroxylation sites is 1. The van der Waals surface area contributed by atoms with Crippen LogP contribution in [-0.4, -0.2) is 31.3 Å². The molecule has 0 radical (unpaired) electrons. The van der Waals surface area contributed by atoms with Crippen LogP contribution in [0.3, 0.4) is 0 Å². The first-order valence-electron chi connectivity index (χ1n) is 9.39. The van der Waals surface area contributed by atoms with Crippen molar-refractivity contribution in [2.24, 2.45) is 7.05 Å². The lowest BCUT2D eigenvalue weighted by atomic mass is 10.2. The molecule has 158 valence electrons. The molecule has 30 heavy (non-hydrogen) atoms. The van der Waals surface area contributed by atoms with E-state index in [1.54, 1.807) is 25.3 Å². The second-order valence-electron chi connectivity index (χ2n) is 7.09. The highest BCUT2D eigenvalue weighted by Crippen LogP contribution is 2.20. The van der Waals surface area contributed by atoms with Crippen molar-refractivity contribution in [3.63, 3.8) is 0 Å². The van der Waals surface area contributed by atoms with E-state index in [1.807, 2.05) is 48.9 Å². The maximum Gasteiger partial charge on any atom is 0.271 e. The summed E-state index contributed by atoms with van der Waals surface area (Å²) in [4.78, 5) is 24.6. The summed E-state index contributed by atoms with van der Waals surface area (Å²) in [5, 5.41) is 0.771. The van der Waals surface area contributed by atoms with Crippen LogP contribution in [-0.2, 0) is 21.9 Å². The zero-order valence-electron chi connectivity index (χ0n) is 17.0. The van der Waals surface area contributed by atoms with Gasteiger partial charge in [-0.2, -0.15) is 0 Å². The van der Waals surface area contributed by atoms with Gasteiger partial charge in [0.15, 0.2) is 0 Å². The maximum atomic E-state index is 12.4. The first-order valence-corrected chi connectivity index (χ1v) is 10.9. The highest BCUT2D eigenvalue weighted by atomic mass is 32.2. The summed E-state index contributed by atoms with van der Waals surface area (Å²) in [6, 6.07) is 12.6. The summed E-state index contributed by atoms with van der Waals surface area (Å²) in [6.45, 7) is 3.43. The molecule has 1 aromatic heterocycles. The summed E-state index contributed by atoms with van der Waals surface area (Å²) in [6.07, 6.45) is 1.56. The van der Waals surface area contributed by atoms with E-state index in [-0.39, 0.29) is 17.9 Å². The van der Waals surface area contributed by atoms with E-state index in [1.165, 1.54) is 0 Å². The molecule has 2 amide bonds. The van der Waals surface area contributed by atoms with Gasteiger partial charge in [0.05, 0.1) is 10.5 Å². The largest absolute Gasteiger partial charge is 0.350 e. The Balaban J connectivity index is 1.53. The minimum atomic E-state index is -3.73. The van der Waals surface area contributed by atoms with Gasteiger partial charge in [-0.1, -0.05) is 30.3 Å². The first-order chi connectivity index (χ1) is 14.2. The molecule has 3 N–H and O–H groups in total. The van der Waals surface area contributed by atoms with Crippen molar-refractivity contribution in [2.75, 3.05) is 6.54 Å². The number of benzene rings is 2. The molecule has 3 rings (SSSR count). The normalized spacial score (nSPS) is 11.4. The molecule has 0 aliphatic carbocycles. The second-order valence-corrected chi connectivity index (χ2v) is 8.83. The molecule has 0 unspecified atom stereocenters. The number of nitrogens with zero attached hydrogens (tertiary/aromatic N) is 1. The number of rotatable bonds is 6. The number of hydrazine groups is 1. The molecule has 0 bridgehead atoms. The number of carbonyl (C=O) groups excluding carboxylic acids is 2. The Morgan fingerprint density at radius 3 is 2.53 bits per heavy atom. The number of aromatic nitrogens is 1. The van der Waals surface area contributed by atoms with Crippen LogP contribution in [0.5, 0.6) is 0 Å². The average molecular weight is 429 g/mol. The topological polar surface area (TPSA) is 109 Å². The van der Waals surface area contributed by atoms with Crippen molar-refractivity contribution >= 4 is 32.7 Å². The van der Waals surface area contributed by atoms with E-state index < -0.39 is 21.8 Å². The van der Waals surface area contributed by atoms with Crippen molar-refractivity contribution < 1.29 is 18.0 Å². The molecule has 3 aromatic rings. The lowest BCUT2D eigenvalue weighted by molar-refractivity contribution is -0.121. The van der Waals surface area contributed by atoms with E-state index >= 15 is 0 Å². The van der Waals surface area contributed by atoms with E-state index in [0.717, 1.165) is 16.5 Å². The lowest BCUT2D eigenvalue weighted by Gasteiger charge is -2.10. The smallest absolute Gasteiger partial charge is 0.271 e. The number of carbonyl (C=O) groups is 2. The minimum Gasteiger partial charge on any atom is -0.350 e. The van der Waals surface area contributed by atoms with Gasteiger partial charge in [0.25, 0.3) is 5.91 Å². The van der Waals surface area contributed by atoms with Crippen molar-refractivity contribution in [1.29, 1.82) is 0 Å². The standard InChI is InChI=1S/C21H24N4O4S/c1-14-8-9-15(2)19(12-14)30(28,29)22-11-10-20(26)23-24-21(27)17-13-25(3)18-7-5-4-6-16(17)18/h4-9,12-13,22H,10-11H2,1-3H3,(H,23,26)(H,24,27). The van der Waals surface area contributed by atoms with E-state index in [2.05, 4.69) is 15.6 Å². The fourth-order valence-corrected chi connectivity index (χ4v) is 4.51. The summed E-state index contributed by atoms with van der Waals surface area (Å²) in [7, 11) is -1.89. The zero-order valence-corrected chi connectivity index (χ0v) is 17.8. The van der Waals surface area contributed by atoms with Crippen LogP contribution in [0.25, 0.3) is 10.9 Å². The number of aryl methyl sites for hydroxylation is 3. The maximum absolute atomic E-state index is 12.4. The number of nitrogens with one attached hydrogen (secondary N) is 3. The van der Waals surface area contributed by atoms with Crippen LogP contribution in [0.2, 0.25) is 0 Å². The predicted octanol–water partition coefficient (Wildman–Crippen LogP) is 1.92. The van der Waals surface area contributed by atoms with E-state index in [4.69, 9.17) is 0 Å². The van der Waals surface area contributed by atoms with Crippen molar-refractivity contribution in [3.8, 4) is 0 Å². The van der Waals surface area contributed by atoms with Crippen LogP contribution in [0.15, 0.2) is 53.6 Å². The van der Waals surface area contributed by atoms with Crippen LogP contribution in [0, 0.1) is 13.8 Å². The average Bonchev–Trinajstić information content (AvgIpc) is 3.05. The fraction of sp³-hybridized carbons (Fsp3) is 0.238. The molecule has 0 saturated carbocycles. The predicted molar refractivity (Wildman–Crippen MR) is 114 cm³/mol. The molecule has 0 saturated heterocycles. The van der Waals surface area contributed by atoms with Crippen LogP contribution < -0.4 is 15.6 Å². The Labute approximate surface area is 175 Å². The van der Waals surface area contributed by atoms with Gasteiger partial charge in [-0.05, 0) is 37.1 Å². The van der Waals surface area contributed by atoms with E-state index in [0.29, 0.717) is 11.1 Å². The first kappa shape index (κ1) is 21.5. The Bertz CT molecular complexity index is 1210. The molecule has 2 aromatic carbocycles. The van der Waals surface area contributed by atoms with Gasteiger partial charge in [0, 0.05) is 37.1 Å². The highest BCUT2D eigenvalue weighted by Gasteiger charge is 2.18. The number of amides is 2. The van der Waals surface area contributed by atoms with Gasteiger partial charge in [0.1, 0.15) is 0 Å². The molecule has 0 aliphatic rings. The van der Waals surface area contributed by atoms with Gasteiger partial charge in [-0.15, -0.1) is 0 Å². The Kier molecular flexibility index (Phi) is 6.23. The summed E-state index contributed by atoms with van der Waals surface area (Å²) >= 11 is 0. The minimum absolute atomic E-state index is 0.0916. The third kappa shape index (κ3) is 4.69. The quantitative estimate of drug-likeness (QED) is 0.521. The van der Waals surface area contributed by atoms with Gasteiger partial charge >= 0.3 is 0 Å². The number of fused-ring (bicyclic) bond motifs is 1. The Morgan fingerprint density at radius 2 is 1.77 bits per heavy atom. The molecule has 0 aliphatic heterocycles. The summed E-state index contributed by atoms with van der Waals surface area (Å²) in [5.41, 5.74) is 7.48. The van der Waals surface area contributed by atoms with E-state index in [9.17, 15) is 18.0 Å². The monoisotopic (exact) mass is 428 g/mol. The van der Waals surface area contributed by atoms with Gasteiger partial charge in [-0.25, -0.2) is 13.1 Å². The Morgan fingerprint density at radius 1 is 1.03 bits per heavy atom. The van der Waals surface area contributed by atoms with Crippen LogP contribution in [0.4, 0.5) is 0 Å². The van der Waals surface area contributed by atoms with Gasteiger partial charge in [-0.3, -0.25) is 20.4 Å². The number of hydrogen-bond acceptors (Lipinski definition) is 4. The SMILES string of the molecule is Cc1ccc(C)c(S(=O)(=O)NCCC(=O)NNC(=O)c2cn(C)c3ccccc23)c1. The zero-order chi connectivity index (χ0) is 21.9. The fourth-order valence-electron chi connectivity index (χ4n) is 3.15. The molecule has 9 heteroatoms. The van der Waals surface area contributed by atoms with Crippen molar-refractivity contribution in [1.82, 2.24) is 20.1 Å². The van der Waals surface area contributed by atoms with Crippen LogP contribution in [0.1, 0.15) is 27.9 Å². The third-order valence-electron chi connectivity index (χ3n) is 4.73.